The molecule has 0 saturated carbocycles. The van der Waals surface area contributed by atoms with Gasteiger partial charge in [0.05, 0.1) is 11.1 Å². The van der Waals surface area contributed by atoms with Crippen molar-refractivity contribution in [1.29, 1.82) is 0 Å². The fourth-order valence-electron chi connectivity index (χ4n) is 3.20. The van der Waals surface area contributed by atoms with Crippen LogP contribution in [-0.4, -0.2) is 26.9 Å². The van der Waals surface area contributed by atoms with Crippen LogP contribution in [0.1, 0.15) is 24.8 Å². The molecule has 0 bridgehead atoms. The quantitative estimate of drug-likeness (QED) is 0.707. The number of halogens is 1. The zero-order valence-corrected chi connectivity index (χ0v) is 14.8. The number of hydrogen-bond donors (Lipinski definition) is 0. The second-order valence-corrected chi connectivity index (χ2v) is 7.50. The number of pyridine rings is 1. The van der Waals surface area contributed by atoms with Crippen LogP contribution in [0.3, 0.4) is 0 Å². The molecule has 0 spiro atoms. The Morgan fingerprint density at radius 1 is 1.17 bits per heavy atom. The van der Waals surface area contributed by atoms with Gasteiger partial charge in [0, 0.05) is 17.8 Å². The molecule has 124 valence electrons. The maximum atomic E-state index is 12.6. The number of nitrogens with zero attached hydrogens (tertiary/aromatic N) is 3. The second-order valence-electron chi connectivity index (χ2n) is 6.16. The van der Waals surface area contributed by atoms with Gasteiger partial charge in [0.1, 0.15) is 4.83 Å². The van der Waals surface area contributed by atoms with E-state index in [0.717, 1.165) is 40.7 Å². The zero-order valence-electron chi connectivity index (χ0n) is 13.2. The zero-order chi connectivity index (χ0) is 16.5. The first-order valence-electron chi connectivity index (χ1n) is 8.20. The first-order valence-corrected chi connectivity index (χ1v) is 9.36. The van der Waals surface area contributed by atoms with E-state index >= 15 is 0 Å². The highest BCUT2D eigenvalue weighted by Crippen LogP contribution is 2.25. The molecule has 1 fully saturated rings. The Kier molecular flexibility index (Phi) is 4.39. The van der Waals surface area contributed by atoms with Gasteiger partial charge in [0.2, 0.25) is 0 Å². The van der Waals surface area contributed by atoms with E-state index in [1.165, 1.54) is 30.8 Å². The summed E-state index contributed by atoms with van der Waals surface area (Å²) >= 11 is 7.77. The van der Waals surface area contributed by atoms with Crippen LogP contribution in [0.25, 0.3) is 15.9 Å². The summed E-state index contributed by atoms with van der Waals surface area (Å²) in [7, 11) is 0. The Balaban J connectivity index is 1.71. The lowest BCUT2D eigenvalue weighted by molar-refractivity contribution is 0.221. The van der Waals surface area contributed by atoms with Crippen molar-refractivity contribution in [2.75, 3.05) is 13.1 Å². The summed E-state index contributed by atoms with van der Waals surface area (Å²) in [6.45, 7) is 3.07. The molecule has 1 aliphatic rings. The summed E-state index contributed by atoms with van der Waals surface area (Å²) < 4.78 is 1.70. The predicted octanol–water partition coefficient (Wildman–Crippen LogP) is 4.09. The summed E-state index contributed by atoms with van der Waals surface area (Å²) in [6.07, 6.45) is 5.53. The van der Waals surface area contributed by atoms with Gasteiger partial charge < -0.3 is 0 Å². The van der Waals surface area contributed by atoms with Gasteiger partial charge in [0.15, 0.2) is 0 Å². The molecular weight excluding hydrogens is 342 g/mol. The molecule has 0 atom stereocenters. The first-order chi connectivity index (χ1) is 11.7. The minimum Gasteiger partial charge on any atom is -0.299 e. The summed E-state index contributed by atoms with van der Waals surface area (Å²) in [5.41, 5.74) is 1.92. The van der Waals surface area contributed by atoms with Crippen molar-refractivity contribution in [3.8, 4) is 5.69 Å². The molecule has 24 heavy (non-hydrogen) atoms. The Morgan fingerprint density at radius 3 is 2.79 bits per heavy atom. The fraction of sp³-hybridized carbons (Fsp3) is 0.333. The van der Waals surface area contributed by atoms with Crippen LogP contribution in [-0.2, 0) is 6.54 Å². The van der Waals surface area contributed by atoms with Crippen LogP contribution >= 0.6 is 23.1 Å². The molecule has 2 aromatic heterocycles. The van der Waals surface area contributed by atoms with E-state index < -0.39 is 0 Å². The number of hydrogen-bond acceptors (Lipinski definition) is 4. The van der Waals surface area contributed by atoms with Crippen LogP contribution in [0.4, 0.5) is 0 Å². The topological polar surface area (TPSA) is 38.1 Å². The smallest absolute Gasteiger partial charge is 0.274 e. The fourth-order valence-corrected chi connectivity index (χ4v) is 4.31. The highest BCUT2D eigenvalue weighted by molar-refractivity contribution is 7.13. The molecule has 0 radical (unpaired) electrons. The van der Waals surface area contributed by atoms with Gasteiger partial charge in [-0.2, -0.15) is 0 Å². The SMILES string of the molecule is O=c1c2cccnc2sn1-c1ccc(Cl)c(CN2CCCCC2)c1. The van der Waals surface area contributed by atoms with Crippen LogP contribution in [0.15, 0.2) is 41.3 Å². The van der Waals surface area contributed by atoms with Crippen LogP contribution < -0.4 is 5.56 Å². The van der Waals surface area contributed by atoms with Crippen molar-refractivity contribution >= 4 is 33.4 Å². The number of fused-ring (bicyclic) bond motifs is 1. The molecule has 3 aromatic rings. The molecule has 4 nitrogen and oxygen atoms in total. The second kappa shape index (κ2) is 6.67. The molecule has 0 aliphatic carbocycles. The van der Waals surface area contributed by atoms with Gasteiger partial charge in [-0.15, -0.1) is 0 Å². The lowest BCUT2D eigenvalue weighted by Crippen LogP contribution is -2.29. The number of aromatic nitrogens is 2. The molecule has 6 heteroatoms. The van der Waals surface area contributed by atoms with E-state index in [0.29, 0.717) is 5.39 Å². The van der Waals surface area contributed by atoms with Crippen molar-refractivity contribution in [2.45, 2.75) is 25.8 Å². The number of likely N-dealkylation sites (tertiary alicyclic amines) is 1. The van der Waals surface area contributed by atoms with Crippen molar-refractivity contribution in [1.82, 2.24) is 13.8 Å². The lowest BCUT2D eigenvalue weighted by Gasteiger charge is -2.26. The largest absolute Gasteiger partial charge is 0.299 e. The van der Waals surface area contributed by atoms with Gasteiger partial charge in [-0.25, -0.2) is 8.94 Å². The minimum atomic E-state index is -0.0191. The van der Waals surface area contributed by atoms with Gasteiger partial charge in [-0.3, -0.25) is 9.69 Å². The van der Waals surface area contributed by atoms with Crippen molar-refractivity contribution < 1.29 is 0 Å². The Morgan fingerprint density at radius 2 is 2.00 bits per heavy atom. The number of benzene rings is 1. The van der Waals surface area contributed by atoms with Gasteiger partial charge in [-0.05, 0) is 73.4 Å². The standard InChI is InChI=1S/C18H18ClN3OS/c19-16-7-6-14(11-13(16)12-21-9-2-1-3-10-21)22-18(23)15-5-4-8-20-17(15)24-22/h4-8,11H,1-3,9-10,12H2. The maximum Gasteiger partial charge on any atom is 0.274 e. The number of rotatable bonds is 3. The van der Waals surface area contributed by atoms with Crippen molar-refractivity contribution in [3.63, 3.8) is 0 Å². The lowest BCUT2D eigenvalue weighted by atomic mass is 10.1. The molecule has 1 saturated heterocycles. The molecule has 0 unspecified atom stereocenters. The molecule has 1 aliphatic heterocycles. The Bertz CT molecular complexity index is 927. The van der Waals surface area contributed by atoms with E-state index in [1.807, 2.05) is 24.3 Å². The third-order valence-electron chi connectivity index (χ3n) is 4.47. The van der Waals surface area contributed by atoms with Crippen LogP contribution in [0.2, 0.25) is 5.02 Å². The predicted molar refractivity (Wildman–Crippen MR) is 99.4 cm³/mol. The molecule has 1 aromatic carbocycles. The van der Waals surface area contributed by atoms with Gasteiger partial charge in [0.25, 0.3) is 5.56 Å². The van der Waals surface area contributed by atoms with E-state index in [4.69, 9.17) is 11.6 Å². The normalized spacial score (nSPS) is 15.9. The Hall–Kier alpha value is -1.69. The van der Waals surface area contributed by atoms with Crippen molar-refractivity contribution in [3.05, 3.63) is 57.5 Å². The minimum absolute atomic E-state index is 0.0191. The number of piperidine rings is 1. The molecule has 4 rings (SSSR count). The Labute approximate surface area is 149 Å². The summed E-state index contributed by atoms with van der Waals surface area (Å²) in [4.78, 5) is 20.1. The highest BCUT2D eigenvalue weighted by Gasteiger charge is 2.15. The first kappa shape index (κ1) is 15.8. The maximum absolute atomic E-state index is 12.6. The van der Waals surface area contributed by atoms with E-state index in [9.17, 15) is 4.79 Å². The summed E-state index contributed by atoms with van der Waals surface area (Å²) in [6, 6.07) is 9.44. The summed E-state index contributed by atoms with van der Waals surface area (Å²) in [5.74, 6) is 0. The van der Waals surface area contributed by atoms with Crippen LogP contribution in [0, 0.1) is 0 Å². The third-order valence-corrected chi connectivity index (χ3v) is 5.90. The molecule has 0 amide bonds. The van der Waals surface area contributed by atoms with E-state index in [1.54, 1.807) is 16.2 Å². The van der Waals surface area contributed by atoms with E-state index in [2.05, 4.69) is 9.88 Å². The molecule has 3 heterocycles. The van der Waals surface area contributed by atoms with Crippen LogP contribution in [0.5, 0.6) is 0 Å². The molecular formula is C18H18ClN3OS. The average Bonchev–Trinajstić information content (AvgIpc) is 2.95. The van der Waals surface area contributed by atoms with Gasteiger partial charge in [-0.1, -0.05) is 18.0 Å². The molecule has 0 N–H and O–H groups in total. The summed E-state index contributed by atoms with van der Waals surface area (Å²) in [5, 5.41) is 1.42. The highest BCUT2D eigenvalue weighted by atomic mass is 35.5. The monoisotopic (exact) mass is 359 g/mol. The average molecular weight is 360 g/mol. The van der Waals surface area contributed by atoms with E-state index in [-0.39, 0.29) is 5.56 Å². The third kappa shape index (κ3) is 2.99. The van der Waals surface area contributed by atoms with Crippen molar-refractivity contribution in [2.24, 2.45) is 0 Å². The van der Waals surface area contributed by atoms with Gasteiger partial charge >= 0.3 is 0 Å².